The standard InChI is InChI=1S/C16H23ClN2O/c1-11-5-4-8-16(18,10-11)15(20)19-12(2)13-6-3-7-14(17)9-13/h3,6-7,9,11-12H,4-5,8,10,18H2,1-2H3,(H,19,20)/t11?,12-,16?/m0/s1. The molecule has 1 amide bonds. The molecule has 1 aliphatic rings. The van der Waals surface area contributed by atoms with Crippen LogP contribution < -0.4 is 11.1 Å². The second-order valence-corrected chi connectivity index (χ2v) is 6.54. The molecule has 2 rings (SSSR count). The molecule has 3 atom stereocenters. The Morgan fingerprint density at radius 3 is 2.95 bits per heavy atom. The van der Waals surface area contributed by atoms with Crippen LogP contribution in [0.1, 0.15) is 51.1 Å². The van der Waals surface area contributed by atoms with Crippen LogP contribution >= 0.6 is 11.6 Å². The van der Waals surface area contributed by atoms with E-state index in [4.69, 9.17) is 17.3 Å². The highest BCUT2D eigenvalue weighted by Gasteiger charge is 2.38. The Balaban J connectivity index is 2.03. The molecule has 0 bridgehead atoms. The molecule has 1 fully saturated rings. The van der Waals surface area contributed by atoms with Crippen molar-refractivity contribution in [2.75, 3.05) is 0 Å². The molecule has 110 valence electrons. The van der Waals surface area contributed by atoms with Crippen LogP contribution in [-0.2, 0) is 4.79 Å². The third-order valence-corrected chi connectivity index (χ3v) is 4.42. The van der Waals surface area contributed by atoms with Gasteiger partial charge in [0.1, 0.15) is 0 Å². The number of nitrogens with two attached hydrogens (primary N) is 1. The van der Waals surface area contributed by atoms with Gasteiger partial charge in [-0.25, -0.2) is 0 Å². The molecule has 3 N–H and O–H groups in total. The SMILES string of the molecule is CC1CCCC(N)(C(=O)N[C@@H](C)c2cccc(Cl)c2)C1. The molecule has 1 aromatic rings. The van der Waals surface area contributed by atoms with Crippen molar-refractivity contribution in [2.24, 2.45) is 11.7 Å². The van der Waals surface area contributed by atoms with Gasteiger partial charge in [-0.3, -0.25) is 4.79 Å². The van der Waals surface area contributed by atoms with Crippen molar-refractivity contribution in [2.45, 2.75) is 51.1 Å². The van der Waals surface area contributed by atoms with Gasteiger partial charge in [0.05, 0.1) is 11.6 Å². The number of amides is 1. The number of nitrogens with one attached hydrogen (secondary N) is 1. The lowest BCUT2D eigenvalue weighted by atomic mass is 9.76. The first-order valence-electron chi connectivity index (χ1n) is 7.26. The van der Waals surface area contributed by atoms with Gasteiger partial charge in [0.2, 0.25) is 5.91 Å². The quantitative estimate of drug-likeness (QED) is 0.897. The lowest BCUT2D eigenvalue weighted by molar-refractivity contribution is -0.128. The molecule has 20 heavy (non-hydrogen) atoms. The highest BCUT2D eigenvalue weighted by atomic mass is 35.5. The summed E-state index contributed by atoms with van der Waals surface area (Å²) in [7, 11) is 0. The molecule has 2 unspecified atom stereocenters. The normalized spacial score (nSPS) is 27.9. The van der Waals surface area contributed by atoms with Gasteiger partial charge in [0.15, 0.2) is 0 Å². The summed E-state index contributed by atoms with van der Waals surface area (Å²) in [6, 6.07) is 7.47. The largest absolute Gasteiger partial charge is 0.348 e. The monoisotopic (exact) mass is 294 g/mol. The molecular weight excluding hydrogens is 272 g/mol. The van der Waals surface area contributed by atoms with Crippen molar-refractivity contribution in [3.8, 4) is 0 Å². The molecule has 1 aliphatic carbocycles. The van der Waals surface area contributed by atoms with Crippen LogP contribution in [0.4, 0.5) is 0 Å². The lowest BCUT2D eigenvalue weighted by Gasteiger charge is -2.36. The fourth-order valence-electron chi connectivity index (χ4n) is 3.00. The molecule has 0 aromatic heterocycles. The number of rotatable bonds is 3. The molecule has 0 spiro atoms. The summed E-state index contributed by atoms with van der Waals surface area (Å²) in [5.74, 6) is 0.470. The highest BCUT2D eigenvalue weighted by Crippen LogP contribution is 2.31. The zero-order chi connectivity index (χ0) is 14.8. The number of halogens is 1. The summed E-state index contributed by atoms with van der Waals surface area (Å²) in [6.07, 6.45) is 3.72. The minimum Gasteiger partial charge on any atom is -0.348 e. The van der Waals surface area contributed by atoms with Gasteiger partial charge < -0.3 is 11.1 Å². The smallest absolute Gasteiger partial charge is 0.240 e. The third kappa shape index (κ3) is 3.53. The van der Waals surface area contributed by atoms with Gasteiger partial charge >= 0.3 is 0 Å². The van der Waals surface area contributed by atoms with Gasteiger partial charge in [-0.05, 0) is 43.4 Å². The number of hydrogen-bond donors (Lipinski definition) is 2. The molecular formula is C16H23ClN2O. The Morgan fingerprint density at radius 1 is 1.55 bits per heavy atom. The van der Waals surface area contributed by atoms with Gasteiger partial charge in [-0.2, -0.15) is 0 Å². The maximum Gasteiger partial charge on any atom is 0.240 e. The van der Waals surface area contributed by atoms with Crippen molar-refractivity contribution in [1.29, 1.82) is 0 Å². The predicted molar refractivity (Wildman–Crippen MR) is 82.6 cm³/mol. The van der Waals surface area contributed by atoms with Crippen LogP contribution in [0, 0.1) is 5.92 Å². The van der Waals surface area contributed by atoms with E-state index >= 15 is 0 Å². The number of carbonyl (C=O) groups excluding carboxylic acids is 1. The topological polar surface area (TPSA) is 55.1 Å². The Bertz CT molecular complexity index is 491. The first-order chi connectivity index (χ1) is 9.40. The number of carbonyl (C=O) groups is 1. The summed E-state index contributed by atoms with van der Waals surface area (Å²) in [4.78, 5) is 12.5. The van der Waals surface area contributed by atoms with E-state index in [-0.39, 0.29) is 11.9 Å². The first kappa shape index (κ1) is 15.3. The van der Waals surface area contributed by atoms with Crippen LogP contribution in [0.2, 0.25) is 5.02 Å². The van der Waals surface area contributed by atoms with Crippen LogP contribution in [0.3, 0.4) is 0 Å². The maximum absolute atomic E-state index is 12.5. The average molecular weight is 295 g/mol. The van der Waals surface area contributed by atoms with E-state index < -0.39 is 5.54 Å². The predicted octanol–water partition coefficient (Wildman–Crippen LogP) is 3.42. The summed E-state index contributed by atoms with van der Waals surface area (Å²) in [6.45, 7) is 4.12. The second-order valence-electron chi connectivity index (χ2n) is 6.11. The van der Waals surface area contributed by atoms with Gasteiger partial charge in [0, 0.05) is 5.02 Å². The third-order valence-electron chi connectivity index (χ3n) is 4.18. The van der Waals surface area contributed by atoms with Gasteiger partial charge in [-0.1, -0.05) is 43.5 Å². The van der Waals surface area contributed by atoms with Crippen molar-refractivity contribution in [1.82, 2.24) is 5.32 Å². The lowest BCUT2D eigenvalue weighted by Crippen LogP contribution is -2.56. The summed E-state index contributed by atoms with van der Waals surface area (Å²) >= 11 is 5.98. The van der Waals surface area contributed by atoms with E-state index in [0.717, 1.165) is 31.2 Å². The van der Waals surface area contributed by atoms with Crippen LogP contribution in [0.15, 0.2) is 24.3 Å². The minimum atomic E-state index is -0.718. The van der Waals surface area contributed by atoms with Crippen LogP contribution in [-0.4, -0.2) is 11.4 Å². The summed E-state index contributed by atoms with van der Waals surface area (Å²) in [5, 5.41) is 3.71. The van der Waals surface area contributed by atoms with Gasteiger partial charge in [-0.15, -0.1) is 0 Å². The molecule has 4 heteroatoms. The average Bonchev–Trinajstić information content (AvgIpc) is 2.38. The van der Waals surface area contributed by atoms with Gasteiger partial charge in [0.25, 0.3) is 0 Å². The van der Waals surface area contributed by atoms with Crippen molar-refractivity contribution < 1.29 is 4.79 Å². The molecule has 1 aromatic carbocycles. The maximum atomic E-state index is 12.5. The van der Waals surface area contributed by atoms with E-state index in [2.05, 4.69) is 12.2 Å². The summed E-state index contributed by atoms with van der Waals surface area (Å²) < 4.78 is 0. The molecule has 1 saturated carbocycles. The molecule has 0 radical (unpaired) electrons. The van der Waals surface area contributed by atoms with Crippen molar-refractivity contribution in [3.05, 3.63) is 34.9 Å². The van der Waals surface area contributed by atoms with E-state index in [1.807, 2.05) is 31.2 Å². The fraction of sp³-hybridized carbons (Fsp3) is 0.562. The Hall–Kier alpha value is -1.06. The van der Waals surface area contributed by atoms with Crippen LogP contribution in [0.25, 0.3) is 0 Å². The highest BCUT2D eigenvalue weighted by molar-refractivity contribution is 6.30. The Morgan fingerprint density at radius 2 is 2.30 bits per heavy atom. The zero-order valence-electron chi connectivity index (χ0n) is 12.2. The molecule has 0 saturated heterocycles. The molecule has 3 nitrogen and oxygen atoms in total. The molecule has 0 heterocycles. The number of hydrogen-bond acceptors (Lipinski definition) is 2. The van der Waals surface area contributed by atoms with E-state index in [0.29, 0.717) is 10.9 Å². The Labute approximate surface area is 125 Å². The van der Waals surface area contributed by atoms with E-state index in [1.54, 1.807) is 0 Å². The van der Waals surface area contributed by atoms with Crippen molar-refractivity contribution >= 4 is 17.5 Å². The number of benzene rings is 1. The zero-order valence-corrected chi connectivity index (χ0v) is 12.9. The molecule has 0 aliphatic heterocycles. The fourth-order valence-corrected chi connectivity index (χ4v) is 3.20. The first-order valence-corrected chi connectivity index (χ1v) is 7.64. The Kier molecular flexibility index (Phi) is 4.71. The van der Waals surface area contributed by atoms with Crippen molar-refractivity contribution in [3.63, 3.8) is 0 Å². The van der Waals surface area contributed by atoms with E-state index in [1.165, 1.54) is 0 Å². The second kappa shape index (κ2) is 6.15. The van der Waals surface area contributed by atoms with E-state index in [9.17, 15) is 4.79 Å². The summed E-state index contributed by atoms with van der Waals surface area (Å²) in [5.41, 5.74) is 6.59. The van der Waals surface area contributed by atoms with Crippen LogP contribution in [0.5, 0.6) is 0 Å². The minimum absolute atomic E-state index is 0.0449.